The van der Waals surface area contributed by atoms with Crippen LogP contribution in [0.25, 0.3) is 0 Å². The maximum absolute atomic E-state index is 13.0. The van der Waals surface area contributed by atoms with Gasteiger partial charge in [0, 0.05) is 23.6 Å². The van der Waals surface area contributed by atoms with Gasteiger partial charge in [-0.2, -0.15) is 0 Å². The summed E-state index contributed by atoms with van der Waals surface area (Å²) in [6, 6.07) is 8.85. The van der Waals surface area contributed by atoms with Crippen molar-refractivity contribution in [3.8, 4) is 0 Å². The largest absolute Gasteiger partial charge is 0.462 e. The Morgan fingerprint density at radius 2 is 1.71 bits per heavy atom. The molecule has 0 spiro atoms. The normalized spacial score (nSPS) is 10.5. The van der Waals surface area contributed by atoms with Crippen molar-refractivity contribution in [2.45, 2.75) is 27.7 Å². The number of hydrogen-bond acceptors (Lipinski definition) is 6. The first kappa shape index (κ1) is 22.2. The van der Waals surface area contributed by atoms with Crippen molar-refractivity contribution in [1.82, 2.24) is 4.98 Å². The zero-order valence-electron chi connectivity index (χ0n) is 17.7. The summed E-state index contributed by atoms with van der Waals surface area (Å²) in [5.41, 5.74) is 3.73. The standard InChI is InChI=1S/C23H23N3O4S/c1-5-30-23(29)18-15(4)19(21(28)25-17-7-6-13(2)12-14(17)3)31-22(18)26-20(27)16-8-10-24-11-9-16/h6-12H,5H2,1-4H3,(H,25,28)(H,26,27). The summed E-state index contributed by atoms with van der Waals surface area (Å²) in [7, 11) is 0. The Kier molecular flexibility index (Phi) is 6.81. The molecule has 0 unspecified atom stereocenters. The fourth-order valence-corrected chi connectivity index (χ4v) is 4.16. The molecule has 160 valence electrons. The van der Waals surface area contributed by atoms with E-state index in [0.717, 1.165) is 22.5 Å². The van der Waals surface area contributed by atoms with E-state index in [1.807, 2.05) is 32.0 Å². The van der Waals surface area contributed by atoms with Crippen LogP contribution < -0.4 is 10.6 Å². The minimum Gasteiger partial charge on any atom is -0.462 e. The maximum atomic E-state index is 13.0. The first-order valence-corrected chi connectivity index (χ1v) is 10.5. The molecule has 1 aromatic carbocycles. The van der Waals surface area contributed by atoms with Crippen molar-refractivity contribution < 1.29 is 19.1 Å². The van der Waals surface area contributed by atoms with Crippen molar-refractivity contribution in [3.63, 3.8) is 0 Å². The first-order valence-electron chi connectivity index (χ1n) is 9.72. The van der Waals surface area contributed by atoms with E-state index in [-0.39, 0.29) is 23.1 Å². The van der Waals surface area contributed by atoms with Crippen LogP contribution in [0.4, 0.5) is 10.7 Å². The molecule has 0 bridgehead atoms. The van der Waals surface area contributed by atoms with Gasteiger partial charge in [0.15, 0.2) is 0 Å². The minimum atomic E-state index is -0.591. The molecule has 0 aliphatic rings. The van der Waals surface area contributed by atoms with Crippen LogP contribution in [0.2, 0.25) is 0 Å². The lowest BCUT2D eigenvalue weighted by atomic mass is 10.1. The van der Waals surface area contributed by atoms with E-state index < -0.39 is 11.9 Å². The topological polar surface area (TPSA) is 97.4 Å². The lowest BCUT2D eigenvalue weighted by molar-refractivity contribution is 0.0527. The number of carbonyl (C=O) groups is 3. The molecule has 0 fully saturated rings. The summed E-state index contributed by atoms with van der Waals surface area (Å²) < 4.78 is 5.16. The number of esters is 1. The van der Waals surface area contributed by atoms with Gasteiger partial charge in [0.2, 0.25) is 0 Å². The maximum Gasteiger partial charge on any atom is 0.341 e. The number of anilines is 2. The molecule has 2 amide bonds. The molecular weight excluding hydrogens is 414 g/mol. The Morgan fingerprint density at radius 3 is 2.35 bits per heavy atom. The van der Waals surface area contributed by atoms with Gasteiger partial charge in [0.1, 0.15) is 5.00 Å². The highest BCUT2D eigenvalue weighted by Crippen LogP contribution is 2.35. The molecule has 3 aromatic rings. The zero-order chi connectivity index (χ0) is 22.5. The molecule has 2 aromatic heterocycles. The molecule has 2 N–H and O–H groups in total. The molecule has 0 saturated heterocycles. The second-order valence-corrected chi connectivity index (χ2v) is 7.96. The van der Waals surface area contributed by atoms with E-state index in [0.29, 0.717) is 21.7 Å². The molecule has 0 aliphatic carbocycles. The van der Waals surface area contributed by atoms with E-state index in [2.05, 4.69) is 15.6 Å². The van der Waals surface area contributed by atoms with Crippen molar-refractivity contribution in [3.05, 3.63) is 75.4 Å². The number of carbonyl (C=O) groups excluding carboxylic acids is 3. The van der Waals surface area contributed by atoms with Gasteiger partial charge in [-0.1, -0.05) is 17.7 Å². The number of aromatic nitrogens is 1. The number of nitrogens with zero attached hydrogens (tertiary/aromatic N) is 1. The van der Waals surface area contributed by atoms with Crippen molar-refractivity contribution >= 4 is 39.8 Å². The molecule has 2 heterocycles. The Bertz CT molecular complexity index is 1140. The number of benzene rings is 1. The van der Waals surface area contributed by atoms with Gasteiger partial charge in [-0.25, -0.2) is 4.79 Å². The van der Waals surface area contributed by atoms with Crippen LogP contribution in [0.5, 0.6) is 0 Å². The van der Waals surface area contributed by atoms with Gasteiger partial charge in [-0.3, -0.25) is 14.6 Å². The second kappa shape index (κ2) is 9.53. The van der Waals surface area contributed by atoms with E-state index in [1.54, 1.807) is 26.0 Å². The van der Waals surface area contributed by atoms with Gasteiger partial charge in [0.05, 0.1) is 17.0 Å². The van der Waals surface area contributed by atoms with Gasteiger partial charge >= 0.3 is 5.97 Å². The average molecular weight is 438 g/mol. The lowest BCUT2D eigenvalue weighted by Gasteiger charge is -2.09. The van der Waals surface area contributed by atoms with Crippen LogP contribution in [0.3, 0.4) is 0 Å². The SMILES string of the molecule is CCOC(=O)c1c(NC(=O)c2ccncc2)sc(C(=O)Nc2ccc(C)cc2C)c1C. The number of ether oxygens (including phenoxy) is 1. The highest BCUT2D eigenvalue weighted by molar-refractivity contribution is 7.19. The number of pyridine rings is 1. The van der Waals surface area contributed by atoms with Crippen LogP contribution in [0, 0.1) is 20.8 Å². The first-order chi connectivity index (χ1) is 14.8. The van der Waals surface area contributed by atoms with Crippen LogP contribution in [0.1, 0.15) is 54.0 Å². The smallest absolute Gasteiger partial charge is 0.341 e. The number of aryl methyl sites for hydroxylation is 2. The molecule has 8 heteroatoms. The van der Waals surface area contributed by atoms with Crippen LogP contribution in [-0.4, -0.2) is 29.4 Å². The van der Waals surface area contributed by atoms with Gasteiger partial charge < -0.3 is 15.4 Å². The second-order valence-electron chi connectivity index (χ2n) is 6.94. The van der Waals surface area contributed by atoms with Gasteiger partial charge in [0.25, 0.3) is 11.8 Å². The lowest BCUT2D eigenvalue weighted by Crippen LogP contribution is -2.15. The predicted molar refractivity (Wildman–Crippen MR) is 121 cm³/mol. The predicted octanol–water partition coefficient (Wildman–Crippen LogP) is 4.75. The summed E-state index contributed by atoms with van der Waals surface area (Å²) in [6.07, 6.45) is 3.01. The fourth-order valence-electron chi connectivity index (χ4n) is 3.08. The Labute approximate surface area is 184 Å². The van der Waals surface area contributed by atoms with E-state index >= 15 is 0 Å². The summed E-state index contributed by atoms with van der Waals surface area (Å²) in [5, 5.41) is 5.89. The number of rotatable bonds is 6. The summed E-state index contributed by atoms with van der Waals surface area (Å²) in [4.78, 5) is 42.4. The average Bonchev–Trinajstić information content (AvgIpc) is 3.06. The van der Waals surface area contributed by atoms with E-state index in [4.69, 9.17) is 4.74 Å². The third kappa shape index (κ3) is 4.97. The van der Waals surface area contributed by atoms with Crippen molar-refractivity contribution in [2.75, 3.05) is 17.2 Å². The molecule has 0 aliphatic heterocycles. The molecule has 0 saturated carbocycles. The highest BCUT2D eigenvalue weighted by Gasteiger charge is 2.27. The summed E-state index contributed by atoms with van der Waals surface area (Å²) in [6.45, 7) is 7.43. The quantitative estimate of drug-likeness (QED) is 0.543. The molecule has 3 rings (SSSR count). The highest BCUT2D eigenvalue weighted by atomic mass is 32.1. The Balaban J connectivity index is 1.95. The van der Waals surface area contributed by atoms with Crippen molar-refractivity contribution in [1.29, 1.82) is 0 Å². The van der Waals surface area contributed by atoms with Gasteiger partial charge in [-0.05, 0) is 57.0 Å². The van der Waals surface area contributed by atoms with E-state index in [9.17, 15) is 14.4 Å². The number of thiophene rings is 1. The fraction of sp³-hybridized carbons (Fsp3) is 0.217. The van der Waals surface area contributed by atoms with Crippen LogP contribution >= 0.6 is 11.3 Å². The van der Waals surface area contributed by atoms with Crippen LogP contribution in [-0.2, 0) is 4.74 Å². The molecule has 0 atom stereocenters. The monoisotopic (exact) mass is 437 g/mol. The molecule has 31 heavy (non-hydrogen) atoms. The van der Waals surface area contributed by atoms with Gasteiger partial charge in [-0.15, -0.1) is 11.3 Å². The molecule has 7 nitrogen and oxygen atoms in total. The third-order valence-electron chi connectivity index (χ3n) is 4.63. The Hall–Kier alpha value is -3.52. The molecular formula is C23H23N3O4S. The number of amides is 2. The Morgan fingerprint density at radius 1 is 1.00 bits per heavy atom. The van der Waals surface area contributed by atoms with Crippen LogP contribution in [0.15, 0.2) is 42.7 Å². The molecule has 0 radical (unpaired) electrons. The third-order valence-corrected chi connectivity index (χ3v) is 5.84. The minimum absolute atomic E-state index is 0.177. The zero-order valence-corrected chi connectivity index (χ0v) is 18.6. The summed E-state index contributed by atoms with van der Waals surface area (Å²) >= 11 is 1.04. The van der Waals surface area contributed by atoms with Crippen molar-refractivity contribution in [2.24, 2.45) is 0 Å². The van der Waals surface area contributed by atoms with E-state index in [1.165, 1.54) is 12.4 Å². The summed E-state index contributed by atoms with van der Waals surface area (Å²) in [5.74, 6) is -1.35. The number of nitrogens with one attached hydrogen (secondary N) is 2. The number of hydrogen-bond donors (Lipinski definition) is 2.